The Kier molecular flexibility index (Phi) is 14.1. The highest BCUT2D eigenvalue weighted by molar-refractivity contribution is 6.74. The molecule has 0 aliphatic carbocycles. The Bertz CT molecular complexity index is 1790. The first-order valence-corrected chi connectivity index (χ1v) is 31.8. The minimum atomic E-state index is -2.22. The van der Waals surface area contributed by atoms with Crippen molar-refractivity contribution in [3.05, 3.63) is 24.3 Å². The fourth-order valence-corrected chi connectivity index (χ4v) is 14.8. The molecule has 10 aliphatic rings. The Morgan fingerprint density at radius 3 is 2.09 bits per heavy atom. The average molecular weight is 959 g/mol. The highest BCUT2D eigenvalue weighted by Crippen LogP contribution is 2.55. The van der Waals surface area contributed by atoms with Crippen molar-refractivity contribution in [2.45, 2.75) is 272 Å². The lowest BCUT2D eigenvalue weighted by atomic mass is 9.81. The molecule has 14 heteroatoms. The number of rotatable bonds is 8. The number of fused-ring (bicyclic) bond motifs is 6. The Labute approximate surface area is 398 Å². The quantitative estimate of drug-likeness (QED) is 0.170. The van der Waals surface area contributed by atoms with E-state index < -0.39 is 22.4 Å². The zero-order valence-corrected chi connectivity index (χ0v) is 44.6. The monoisotopic (exact) mass is 959 g/mol. The zero-order chi connectivity index (χ0) is 47.3. The van der Waals surface area contributed by atoms with Crippen molar-refractivity contribution in [3.8, 4) is 0 Å². The van der Waals surface area contributed by atoms with Crippen molar-refractivity contribution in [2.24, 2.45) is 11.8 Å². The standard InChI is InChI=1S/C52H86O12Si2/c1-29-21-33-15-17-38-30(2)22-35(56-38)19-20-52-27-43-46(62-52)47-48(61-43)49(63-52)45-39(60-47)18-16-34(58-45)23-32(53)24-37-41(26-40(57-33)31(29)3)59-42(44(37)54-10)25-36(64-66(13,14)51(7,8)9)28-55-65(11,12)50(4,5)6/h29,33-49H,2-3,15-28H2,1,4-14H3/t29?,33?,34?,35?,36?,37?,38?,39?,40?,41?,42?,43?,44-,45+,46?,47+,48-,49?,52+/m1/s1. The second-order valence-electron chi connectivity index (χ2n) is 25.1. The van der Waals surface area contributed by atoms with Crippen LogP contribution < -0.4 is 0 Å². The van der Waals surface area contributed by atoms with Gasteiger partial charge in [0.05, 0.1) is 73.8 Å². The van der Waals surface area contributed by atoms with E-state index in [0.717, 1.165) is 56.1 Å². The lowest BCUT2D eigenvalue weighted by molar-refractivity contribution is -0.292. The van der Waals surface area contributed by atoms with Gasteiger partial charge in [0, 0.05) is 51.6 Å². The number of hydrogen-bond acceptors (Lipinski definition) is 12. The Hall–Kier alpha value is -0.856. The average Bonchev–Trinajstić information content (AvgIpc) is 3.90. The summed E-state index contributed by atoms with van der Waals surface area (Å²) in [5.74, 6) is -0.554. The highest BCUT2D eigenvalue weighted by Gasteiger charge is 2.69. The van der Waals surface area contributed by atoms with Gasteiger partial charge >= 0.3 is 0 Å². The molecule has 14 unspecified atom stereocenters. The van der Waals surface area contributed by atoms with Crippen LogP contribution in [0.2, 0.25) is 36.3 Å². The van der Waals surface area contributed by atoms with Crippen LogP contribution in [0.5, 0.6) is 0 Å². The van der Waals surface area contributed by atoms with E-state index in [1.54, 1.807) is 7.11 Å². The summed E-state index contributed by atoms with van der Waals surface area (Å²) in [7, 11) is -2.55. The molecule has 374 valence electrons. The van der Waals surface area contributed by atoms with Gasteiger partial charge in [-0.3, -0.25) is 4.79 Å². The van der Waals surface area contributed by atoms with Gasteiger partial charge in [-0.2, -0.15) is 0 Å². The first kappa shape index (κ1) is 50.1. The summed E-state index contributed by atoms with van der Waals surface area (Å²) >= 11 is 0. The summed E-state index contributed by atoms with van der Waals surface area (Å²) in [6.07, 6.45) is 5.96. The van der Waals surface area contributed by atoms with E-state index in [4.69, 9.17) is 51.5 Å². The lowest BCUT2D eigenvalue weighted by Crippen LogP contribution is -2.61. The molecule has 12 bridgehead atoms. The number of methoxy groups -OCH3 is 1. The van der Waals surface area contributed by atoms with Crippen LogP contribution in [0.4, 0.5) is 0 Å². The Morgan fingerprint density at radius 1 is 0.697 bits per heavy atom. The molecule has 66 heavy (non-hydrogen) atoms. The van der Waals surface area contributed by atoms with E-state index >= 15 is 0 Å². The van der Waals surface area contributed by atoms with Gasteiger partial charge in [0.2, 0.25) is 0 Å². The smallest absolute Gasteiger partial charge is 0.192 e. The van der Waals surface area contributed by atoms with Crippen molar-refractivity contribution in [1.82, 2.24) is 0 Å². The predicted molar refractivity (Wildman–Crippen MR) is 256 cm³/mol. The maximum Gasteiger partial charge on any atom is 0.192 e. The number of carbonyl (C=O) groups is 1. The molecule has 0 aromatic carbocycles. The molecular weight excluding hydrogens is 873 g/mol. The van der Waals surface area contributed by atoms with Crippen molar-refractivity contribution in [2.75, 3.05) is 13.7 Å². The number of hydrogen-bond donors (Lipinski definition) is 0. The Balaban J connectivity index is 0.993. The van der Waals surface area contributed by atoms with Crippen LogP contribution >= 0.6 is 0 Å². The van der Waals surface area contributed by atoms with E-state index in [-0.39, 0.29) is 125 Å². The van der Waals surface area contributed by atoms with E-state index in [2.05, 4.69) is 87.8 Å². The molecule has 0 saturated carbocycles. The molecule has 10 aliphatic heterocycles. The molecule has 10 rings (SSSR count). The minimum Gasteiger partial charge on any atom is -0.414 e. The van der Waals surface area contributed by atoms with Crippen molar-refractivity contribution < 1.29 is 56.3 Å². The van der Waals surface area contributed by atoms with Gasteiger partial charge in [0.25, 0.3) is 0 Å². The number of ether oxygens (including phenoxy) is 9. The molecule has 0 aromatic heterocycles. The normalized spacial score (nSPS) is 44.9. The first-order chi connectivity index (χ1) is 30.9. The predicted octanol–water partition coefficient (Wildman–Crippen LogP) is 9.53. The summed E-state index contributed by atoms with van der Waals surface area (Å²) in [5, 5.41) is 0.0634. The van der Waals surface area contributed by atoms with Crippen molar-refractivity contribution in [3.63, 3.8) is 0 Å². The van der Waals surface area contributed by atoms with Crippen LogP contribution in [0, 0.1) is 11.8 Å². The van der Waals surface area contributed by atoms with Gasteiger partial charge in [-0.15, -0.1) is 0 Å². The topological polar surface area (TPSA) is 119 Å². The molecule has 12 nitrogen and oxygen atoms in total. The van der Waals surface area contributed by atoms with E-state index in [9.17, 15) is 4.79 Å². The summed E-state index contributed by atoms with van der Waals surface area (Å²) in [6, 6.07) is 0. The van der Waals surface area contributed by atoms with Crippen LogP contribution in [0.25, 0.3) is 0 Å². The molecular formula is C52H86O12Si2. The fraction of sp³-hybridized carbons (Fsp3) is 0.904. The van der Waals surface area contributed by atoms with E-state index in [0.29, 0.717) is 45.1 Å². The third kappa shape index (κ3) is 9.87. The summed E-state index contributed by atoms with van der Waals surface area (Å²) in [5.41, 5.74) is 2.25. The fourth-order valence-electron chi connectivity index (χ4n) is 12.4. The third-order valence-electron chi connectivity index (χ3n) is 18.4. The van der Waals surface area contributed by atoms with Crippen LogP contribution in [0.1, 0.15) is 132 Å². The number of Topliss-reactive ketones (excluding diaryl/α,β-unsaturated/α-hetero) is 1. The molecule has 0 aromatic rings. The molecule has 1 spiro atoms. The highest BCUT2D eigenvalue weighted by atomic mass is 28.4. The van der Waals surface area contributed by atoms with Gasteiger partial charge in [-0.05, 0) is 98.3 Å². The molecule has 19 atom stereocenters. The summed E-state index contributed by atoms with van der Waals surface area (Å²) in [6.45, 7) is 34.8. The van der Waals surface area contributed by atoms with Gasteiger partial charge in [0.15, 0.2) is 22.4 Å². The molecule has 10 heterocycles. The first-order valence-electron chi connectivity index (χ1n) is 25.9. The zero-order valence-electron chi connectivity index (χ0n) is 42.6. The maximum absolute atomic E-state index is 14.6. The minimum absolute atomic E-state index is 0.00884. The molecule has 0 N–H and O–H groups in total. The molecule has 10 fully saturated rings. The second kappa shape index (κ2) is 18.6. The maximum atomic E-state index is 14.6. The largest absolute Gasteiger partial charge is 0.414 e. The number of carbonyl (C=O) groups excluding carboxylic acids is 1. The van der Waals surface area contributed by atoms with E-state index in [1.807, 2.05) is 0 Å². The van der Waals surface area contributed by atoms with E-state index in [1.165, 1.54) is 0 Å². The second-order valence-corrected chi connectivity index (χ2v) is 34.7. The van der Waals surface area contributed by atoms with Crippen LogP contribution in [0.3, 0.4) is 0 Å². The van der Waals surface area contributed by atoms with Crippen LogP contribution in [-0.2, 0) is 56.3 Å². The van der Waals surface area contributed by atoms with Gasteiger partial charge in [0.1, 0.15) is 36.3 Å². The number of ketones is 1. The van der Waals surface area contributed by atoms with Gasteiger partial charge in [-0.1, -0.05) is 61.6 Å². The molecule has 0 radical (unpaired) electrons. The van der Waals surface area contributed by atoms with Crippen molar-refractivity contribution in [1.29, 1.82) is 0 Å². The summed E-state index contributed by atoms with van der Waals surface area (Å²) in [4.78, 5) is 14.6. The van der Waals surface area contributed by atoms with Crippen LogP contribution in [0.15, 0.2) is 24.3 Å². The van der Waals surface area contributed by atoms with Crippen LogP contribution in [-0.4, -0.2) is 140 Å². The molecule has 10 saturated heterocycles. The lowest BCUT2D eigenvalue weighted by Gasteiger charge is -2.47. The molecule has 0 amide bonds. The SMILES string of the molecule is C=C1CC2CC[C@@]34CC5O[C@H]6C(O3)[C@H]3OC(CCC3O[C@H]6C5O4)CC(=O)CC3C(CC4OC(CCC1O2)CC(C)C4=C)OC(CC(CO[Si](C)(C)C(C)(C)C)O[Si](C)(C)C(C)(C)C)[C@@H]3OC. The third-order valence-corrected chi connectivity index (χ3v) is 27.4. The Morgan fingerprint density at radius 2 is 1.36 bits per heavy atom. The summed E-state index contributed by atoms with van der Waals surface area (Å²) < 4.78 is 76.0. The van der Waals surface area contributed by atoms with Gasteiger partial charge < -0.3 is 51.5 Å². The van der Waals surface area contributed by atoms with Crippen molar-refractivity contribution >= 4 is 22.4 Å². The van der Waals surface area contributed by atoms with Gasteiger partial charge in [-0.25, -0.2) is 0 Å².